The van der Waals surface area contributed by atoms with Crippen molar-refractivity contribution in [2.75, 3.05) is 11.1 Å². The molecule has 1 aromatic heterocycles. The molecule has 2 aromatic rings. The van der Waals surface area contributed by atoms with Crippen LogP contribution in [0.1, 0.15) is 10.5 Å². The largest absolute Gasteiger partial charge is 0.477 e. The van der Waals surface area contributed by atoms with Gasteiger partial charge >= 0.3 is 5.97 Å². The third-order valence-electron chi connectivity index (χ3n) is 2.22. The number of hydrogen-bond acceptors (Lipinski definition) is 4. The highest BCUT2D eigenvalue weighted by molar-refractivity contribution is 5.87. The Morgan fingerprint density at radius 2 is 2.06 bits per heavy atom. The van der Waals surface area contributed by atoms with Gasteiger partial charge in [-0.15, -0.1) is 0 Å². The maximum absolute atomic E-state index is 10.8. The van der Waals surface area contributed by atoms with Gasteiger partial charge in [0.25, 0.3) is 0 Å². The lowest BCUT2D eigenvalue weighted by Crippen LogP contribution is -2.02. The number of hydrogen-bond donors (Lipinski definition) is 3. The van der Waals surface area contributed by atoms with Gasteiger partial charge in [-0.05, 0) is 24.3 Å². The molecule has 0 aliphatic heterocycles. The van der Waals surface area contributed by atoms with E-state index in [9.17, 15) is 4.79 Å². The van der Waals surface area contributed by atoms with E-state index in [0.717, 1.165) is 5.69 Å². The van der Waals surface area contributed by atoms with E-state index in [4.69, 9.17) is 10.8 Å². The Morgan fingerprint density at radius 1 is 1.29 bits per heavy atom. The lowest BCUT2D eigenvalue weighted by molar-refractivity contribution is 0.0690. The van der Waals surface area contributed by atoms with Crippen LogP contribution in [0.3, 0.4) is 0 Å². The number of pyridine rings is 1. The first kappa shape index (κ1) is 10.9. The molecular weight excluding hydrogens is 218 g/mol. The number of carboxylic acid groups (broad SMARTS) is 1. The van der Waals surface area contributed by atoms with Crippen molar-refractivity contribution < 1.29 is 9.90 Å². The summed E-state index contributed by atoms with van der Waals surface area (Å²) in [6.45, 7) is 0. The average molecular weight is 229 g/mol. The smallest absolute Gasteiger partial charge is 0.354 e. The second-order valence-electron chi connectivity index (χ2n) is 3.45. The minimum atomic E-state index is -1.06. The number of nitrogens with zero attached hydrogens (tertiary/aromatic N) is 1. The Balaban J connectivity index is 2.28. The SMILES string of the molecule is Nc1ccccc1Nc1ccnc(C(=O)O)c1. The van der Waals surface area contributed by atoms with Crippen molar-refractivity contribution >= 4 is 23.0 Å². The zero-order chi connectivity index (χ0) is 12.3. The third kappa shape index (κ3) is 2.52. The summed E-state index contributed by atoms with van der Waals surface area (Å²) >= 11 is 0. The van der Waals surface area contributed by atoms with Crippen molar-refractivity contribution in [2.45, 2.75) is 0 Å². The van der Waals surface area contributed by atoms with Crippen LogP contribution in [0.4, 0.5) is 17.1 Å². The molecule has 1 aromatic carbocycles. The van der Waals surface area contributed by atoms with Gasteiger partial charge in [0, 0.05) is 11.9 Å². The maximum atomic E-state index is 10.8. The van der Waals surface area contributed by atoms with Crippen molar-refractivity contribution in [1.82, 2.24) is 4.98 Å². The van der Waals surface area contributed by atoms with Crippen molar-refractivity contribution in [3.8, 4) is 0 Å². The average Bonchev–Trinajstić information content (AvgIpc) is 2.32. The van der Waals surface area contributed by atoms with E-state index in [1.54, 1.807) is 12.1 Å². The Labute approximate surface area is 97.9 Å². The second kappa shape index (κ2) is 4.52. The van der Waals surface area contributed by atoms with Crippen LogP contribution in [0.15, 0.2) is 42.6 Å². The van der Waals surface area contributed by atoms with Gasteiger partial charge < -0.3 is 16.2 Å². The molecule has 86 valence electrons. The molecule has 0 saturated carbocycles. The van der Waals surface area contributed by atoms with E-state index in [1.165, 1.54) is 12.3 Å². The molecule has 0 radical (unpaired) electrons. The number of anilines is 3. The van der Waals surface area contributed by atoms with Gasteiger partial charge in [-0.25, -0.2) is 9.78 Å². The molecule has 0 saturated heterocycles. The summed E-state index contributed by atoms with van der Waals surface area (Å²) in [6, 6.07) is 10.4. The van der Waals surface area contributed by atoms with E-state index >= 15 is 0 Å². The Bertz CT molecular complexity index is 555. The molecular formula is C12H11N3O2. The monoisotopic (exact) mass is 229 g/mol. The first-order valence-corrected chi connectivity index (χ1v) is 4.97. The highest BCUT2D eigenvalue weighted by Crippen LogP contribution is 2.22. The van der Waals surface area contributed by atoms with E-state index in [0.29, 0.717) is 11.4 Å². The second-order valence-corrected chi connectivity index (χ2v) is 3.45. The number of para-hydroxylation sites is 2. The minimum absolute atomic E-state index is 0.00972. The Kier molecular flexibility index (Phi) is 2.91. The van der Waals surface area contributed by atoms with E-state index in [-0.39, 0.29) is 5.69 Å². The molecule has 0 fully saturated rings. The number of nitrogens with two attached hydrogens (primary N) is 1. The lowest BCUT2D eigenvalue weighted by atomic mass is 10.2. The summed E-state index contributed by atoms with van der Waals surface area (Å²) < 4.78 is 0. The van der Waals surface area contributed by atoms with Crippen LogP contribution >= 0.6 is 0 Å². The van der Waals surface area contributed by atoms with E-state index < -0.39 is 5.97 Å². The number of aromatic carboxylic acids is 1. The van der Waals surface area contributed by atoms with E-state index in [1.807, 2.05) is 18.2 Å². The van der Waals surface area contributed by atoms with Gasteiger partial charge in [0.05, 0.1) is 11.4 Å². The number of nitrogen functional groups attached to an aromatic ring is 1. The highest BCUT2D eigenvalue weighted by atomic mass is 16.4. The number of benzene rings is 1. The van der Waals surface area contributed by atoms with Crippen molar-refractivity contribution in [3.05, 3.63) is 48.3 Å². The Morgan fingerprint density at radius 3 is 2.76 bits per heavy atom. The van der Waals surface area contributed by atoms with Crippen LogP contribution in [-0.4, -0.2) is 16.1 Å². The topological polar surface area (TPSA) is 88.2 Å². The van der Waals surface area contributed by atoms with Gasteiger partial charge in [-0.1, -0.05) is 12.1 Å². The normalized spacial score (nSPS) is 9.88. The van der Waals surface area contributed by atoms with Crippen molar-refractivity contribution in [2.24, 2.45) is 0 Å². The van der Waals surface area contributed by atoms with Crippen LogP contribution in [0.5, 0.6) is 0 Å². The van der Waals surface area contributed by atoms with Crippen molar-refractivity contribution in [3.63, 3.8) is 0 Å². The molecule has 0 bridgehead atoms. The molecule has 17 heavy (non-hydrogen) atoms. The molecule has 0 atom stereocenters. The summed E-state index contributed by atoms with van der Waals surface area (Å²) in [5, 5.41) is 11.9. The van der Waals surface area contributed by atoms with Crippen LogP contribution in [-0.2, 0) is 0 Å². The van der Waals surface area contributed by atoms with Crippen LogP contribution in [0.25, 0.3) is 0 Å². The summed E-state index contributed by atoms with van der Waals surface area (Å²) in [5.41, 5.74) is 7.73. The summed E-state index contributed by atoms with van der Waals surface area (Å²) in [5.74, 6) is -1.06. The minimum Gasteiger partial charge on any atom is -0.477 e. The molecule has 4 N–H and O–H groups in total. The first-order valence-electron chi connectivity index (χ1n) is 4.97. The molecule has 0 spiro atoms. The zero-order valence-corrected chi connectivity index (χ0v) is 8.92. The molecule has 5 heteroatoms. The van der Waals surface area contributed by atoms with E-state index in [2.05, 4.69) is 10.3 Å². The molecule has 0 aliphatic rings. The van der Waals surface area contributed by atoms with Gasteiger partial charge in [0.2, 0.25) is 0 Å². The first-order chi connectivity index (χ1) is 8.16. The van der Waals surface area contributed by atoms with Gasteiger partial charge in [-0.3, -0.25) is 0 Å². The third-order valence-corrected chi connectivity index (χ3v) is 2.22. The fourth-order valence-corrected chi connectivity index (χ4v) is 1.39. The number of rotatable bonds is 3. The number of nitrogens with one attached hydrogen (secondary N) is 1. The van der Waals surface area contributed by atoms with Gasteiger partial charge in [0.1, 0.15) is 5.69 Å². The van der Waals surface area contributed by atoms with Crippen LogP contribution in [0, 0.1) is 0 Å². The fraction of sp³-hybridized carbons (Fsp3) is 0. The summed E-state index contributed by atoms with van der Waals surface area (Å²) in [4.78, 5) is 14.5. The fourth-order valence-electron chi connectivity index (χ4n) is 1.39. The Hall–Kier alpha value is -2.56. The molecule has 2 rings (SSSR count). The van der Waals surface area contributed by atoms with Crippen LogP contribution in [0.2, 0.25) is 0 Å². The van der Waals surface area contributed by atoms with Crippen LogP contribution < -0.4 is 11.1 Å². The number of carboxylic acids is 1. The molecule has 0 aliphatic carbocycles. The maximum Gasteiger partial charge on any atom is 0.354 e. The number of carbonyl (C=O) groups is 1. The molecule has 5 nitrogen and oxygen atoms in total. The van der Waals surface area contributed by atoms with Gasteiger partial charge in [-0.2, -0.15) is 0 Å². The molecule has 0 amide bonds. The summed E-state index contributed by atoms with van der Waals surface area (Å²) in [7, 11) is 0. The lowest BCUT2D eigenvalue weighted by Gasteiger charge is -2.08. The quantitative estimate of drug-likeness (QED) is 0.701. The number of aromatic nitrogens is 1. The predicted molar refractivity (Wildman–Crippen MR) is 65.3 cm³/mol. The molecule has 1 heterocycles. The predicted octanol–water partition coefficient (Wildman–Crippen LogP) is 2.11. The highest BCUT2D eigenvalue weighted by Gasteiger charge is 2.05. The van der Waals surface area contributed by atoms with Crippen molar-refractivity contribution in [1.29, 1.82) is 0 Å². The standard InChI is InChI=1S/C12H11N3O2/c13-9-3-1-2-4-10(9)15-8-5-6-14-11(7-8)12(16)17/h1-7H,13H2,(H,14,15)(H,16,17). The zero-order valence-electron chi connectivity index (χ0n) is 8.92. The summed E-state index contributed by atoms with van der Waals surface area (Å²) in [6.07, 6.45) is 1.44. The molecule has 0 unspecified atom stereocenters. The van der Waals surface area contributed by atoms with Gasteiger partial charge in [0.15, 0.2) is 0 Å².